The minimum Gasteiger partial charge on any atom is -0.497 e. The van der Waals surface area contributed by atoms with Crippen LogP contribution in [0.15, 0.2) is 65.7 Å². The number of rotatable bonds is 5. The summed E-state index contributed by atoms with van der Waals surface area (Å²) in [4.78, 5) is 4.55. The SMILES string of the molecule is COc1ccc(Cn2c(/N=C(\NN)c3cccc(Cl)c3Cl)c(C#N)c3cc(C(F)(F)F)ccc32)cc1. The van der Waals surface area contributed by atoms with E-state index in [0.717, 1.165) is 17.7 Å². The van der Waals surface area contributed by atoms with Gasteiger partial charge in [0.05, 0.1) is 28.2 Å². The molecule has 0 spiro atoms. The van der Waals surface area contributed by atoms with Crippen molar-refractivity contribution in [1.29, 1.82) is 5.26 Å². The van der Waals surface area contributed by atoms with Crippen LogP contribution in [0.4, 0.5) is 19.0 Å². The average molecular weight is 532 g/mol. The maximum atomic E-state index is 13.5. The maximum absolute atomic E-state index is 13.5. The smallest absolute Gasteiger partial charge is 0.416 e. The number of hydrogen-bond acceptors (Lipinski definition) is 4. The van der Waals surface area contributed by atoms with Gasteiger partial charge in [-0.15, -0.1) is 0 Å². The van der Waals surface area contributed by atoms with Crippen molar-refractivity contribution in [2.45, 2.75) is 12.7 Å². The van der Waals surface area contributed by atoms with E-state index in [-0.39, 0.29) is 39.2 Å². The highest BCUT2D eigenvalue weighted by Crippen LogP contribution is 2.38. The lowest BCUT2D eigenvalue weighted by molar-refractivity contribution is -0.137. The van der Waals surface area contributed by atoms with Crippen LogP contribution in [-0.2, 0) is 12.7 Å². The van der Waals surface area contributed by atoms with Gasteiger partial charge in [0.1, 0.15) is 17.4 Å². The van der Waals surface area contributed by atoms with Gasteiger partial charge in [-0.05, 0) is 48.0 Å². The van der Waals surface area contributed by atoms with Gasteiger partial charge in [0.2, 0.25) is 0 Å². The first kappa shape index (κ1) is 25.4. The fraction of sp³-hybridized carbons (Fsp3) is 0.120. The van der Waals surface area contributed by atoms with Crippen LogP contribution in [0.1, 0.15) is 22.3 Å². The van der Waals surface area contributed by atoms with Crippen LogP contribution in [0.2, 0.25) is 10.0 Å². The molecule has 3 N–H and O–H groups in total. The van der Waals surface area contributed by atoms with Crippen LogP contribution in [0.5, 0.6) is 5.75 Å². The summed E-state index contributed by atoms with van der Waals surface area (Å²) in [5, 5.41) is 10.5. The second-order valence-electron chi connectivity index (χ2n) is 7.68. The molecule has 3 aromatic carbocycles. The van der Waals surface area contributed by atoms with Crippen molar-refractivity contribution in [2.24, 2.45) is 10.8 Å². The molecule has 0 saturated heterocycles. The van der Waals surface area contributed by atoms with Gasteiger partial charge in [-0.3, -0.25) is 0 Å². The third-order valence-corrected chi connectivity index (χ3v) is 6.35. The van der Waals surface area contributed by atoms with E-state index in [4.69, 9.17) is 33.8 Å². The molecular formula is C25H18Cl2F3N5O. The number of nitrogens with two attached hydrogens (primary N) is 1. The Kier molecular flexibility index (Phi) is 7.13. The van der Waals surface area contributed by atoms with Crippen LogP contribution >= 0.6 is 23.2 Å². The Balaban J connectivity index is 1.99. The van der Waals surface area contributed by atoms with E-state index < -0.39 is 11.7 Å². The lowest BCUT2D eigenvalue weighted by atomic mass is 10.1. The van der Waals surface area contributed by atoms with Crippen molar-refractivity contribution in [3.8, 4) is 11.8 Å². The van der Waals surface area contributed by atoms with Gasteiger partial charge < -0.3 is 14.7 Å². The number of ether oxygens (including phenoxy) is 1. The summed E-state index contributed by atoms with van der Waals surface area (Å²) in [6, 6.07) is 17.2. The van der Waals surface area contributed by atoms with E-state index in [2.05, 4.69) is 10.4 Å². The van der Waals surface area contributed by atoms with Crippen molar-refractivity contribution in [3.63, 3.8) is 0 Å². The number of nitrogens with zero attached hydrogens (tertiary/aromatic N) is 3. The van der Waals surface area contributed by atoms with Gasteiger partial charge in [0.25, 0.3) is 0 Å². The summed E-state index contributed by atoms with van der Waals surface area (Å²) in [5.74, 6) is 6.56. The number of fused-ring (bicyclic) bond motifs is 1. The molecule has 0 aliphatic carbocycles. The highest BCUT2D eigenvalue weighted by Gasteiger charge is 2.32. The van der Waals surface area contributed by atoms with Crippen molar-refractivity contribution in [1.82, 2.24) is 9.99 Å². The standard InChI is InChI=1S/C25H18Cl2F3N5O/c1-36-16-8-5-14(6-9-16)13-35-21-10-7-15(25(28,29)30)11-18(21)19(12-31)24(35)33-23(34-32)17-3-2-4-20(26)22(17)27/h2-11H,13,32H2,1H3,(H,33,34). The Morgan fingerprint density at radius 1 is 1.14 bits per heavy atom. The molecule has 0 aliphatic rings. The summed E-state index contributed by atoms with van der Waals surface area (Å²) >= 11 is 12.5. The zero-order valence-corrected chi connectivity index (χ0v) is 20.2. The molecule has 11 heteroatoms. The lowest BCUT2D eigenvalue weighted by Gasteiger charge is -2.12. The zero-order valence-electron chi connectivity index (χ0n) is 18.7. The molecule has 0 radical (unpaired) electrons. The Morgan fingerprint density at radius 2 is 1.86 bits per heavy atom. The van der Waals surface area contributed by atoms with Crippen molar-refractivity contribution >= 4 is 45.8 Å². The second-order valence-corrected chi connectivity index (χ2v) is 8.47. The molecule has 0 fully saturated rings. The fourth-order valence-corrected chi connectivity index (χ4v) is 4.17. The molecule has 0 aliphatic heterocycles. The molecule has 0 atom stereocenters. The third kappa shape index (κ3) is 4.84. The number of nitrogens with one attached hydrogen (secondary N) is 1. The number of amidine groups is 1. The highest BCUT2D eigenvalue weighted by molar-refractivity contribution is 6.44. The number of nitriles is 1. The molecule has 0 unspecified atom stereocenters. The zero-order chi connectivity index (χ0) is 26.0. The molecule has 0 saturated carbocycles. The predicted octanol–water partition coefficient (Wildman–Crippen LogP) is 6.44. The second kappa shape index (κ2) is 10.1. The number of aromatic nitrogens is 1. The molecule has 184 valence electrons. The average Bonchev–Trinajstić information content (AvgIpc) is 3.15. The van der Waals surface area contributed by atoms with Gasteiger partial charge in [0, 0.05) is 17.5 Å². The first-order valence-electron chi connectivity index (χ1n) is 10.4. The summed E-state index contributed by atoms with van der Waals surface area (Å²) < 4.78 is 47.2. The number of aliphatic imine (C=N–C) groups is 1. The van der Waals surface area contributed by atoms with Gasteiger partial charge in [0.15, 0.2) is 11.7 Å². The number of halogens is 5. The Bertz CT molecular complexity index is 1510. The van der Waals surface area contributed by atoms with Crippen LogP contribution in [0.25, 0.3) is 10.9 Å². The lowest BCUT2D eigenvalue weighted by Crippen LogP contribution is -2.31. The molecule has 36 heavy (non-hydrogen) atoms. The van der Waals surface area contributed by atoms with Gasteiger partial charge in [-0.1, -0.05) is 41.4 Å². The minimum atomic E-state index is -4.58. The number of methoxy groups -OCH3 is 1. The maximum Gasteiger partial charge on any atom is 0.416 e. The molecule has 4 aromatic rings. The number of alkyl halides is 3. The van der Waals surface area contributed by atoms with Crippen LogP contribution in [0.3, 0.4) is 0 Å². The van der Waals surface area contributed by atoms with Crippen molar-refractivity contribution in [2.75, 3.05) is 7.11 Å². The highest BCUT2D eigenvalue weighted by atomic mass is 35.5. The summed E-state index contributed by atoms with van der Waals surface area (Å²) in [6.45, 7) is 0.202. The fourth-order valence-electron chi connectivity index (χ4n) is 3.78. The van der Waals surface area contributed by atoms with E-state index in [0.29, 0.717) is 16.8 Å². The Morgan fingerprint density at radius 3 is 2.47 bits per heavy atom. The molecule has 1 aromatic heterocycles. The van der Waals surface area contributed by atoms with E-state index >= 15 is 0 Å². The van der Waals surface area contributed by atoms with Crippen LogP contribution in [0, 0.1) is 11.3 Å². The first-order valence-corrected chi connectivity index (χ1v) is 11.2. The molecule has 0 amide bonds. The summed E-state index contributed by atoms with van der Waals surface area (Å²) in [5.41, 5.74) is 3.09. The third-order valence-electron chi connectivity index (χ3n) is 5.54. The normalized spacial score (nSPS) is 12.0. The monoisotopic (exact) mass is 531 g/mol. The van der Waals surface area contributed by atoms with Crippen LogP contribution in [-0.4, -0.2) is 17.5 Å². The number of hydrazine groups is 1. The summed E-state index contributed by atoms with van der Waals surface area (Å²) in [6.07, 6.45) is -4.58. The summed E-state index contributed by atoms with van der Waals surface area (Å²) in [7, 11) is 1.54. The van der Waals surface area contributed by atoms with E-state index in [1.54, 1.807) is 42.0 Å². The Labute approximate surface area is 214 Å². The number of benzene rings is 3. The van der Waals surface area contributed by atoms with Gasteiger partial charge >= 0.3 is 6.18 Å². The number of hydrogen-bond donors (Lipinski definition) is 2. The van der Waals surface area contributed by atoms with E-state index in [9.17, 15) is 18.4 Å². The molecule has 1 heterocycles. The molecular weight excluding hydrogens is 514 g/mol. The topological polar surface area (TPSA) is 88.4 Å². The minimum absolute atomic E-state index is 0.0458. The van der Waals surface area contributed by atoms with Gasteiger partial charge in [-0.25, -0.2) is 10.8 Å². The largest absolute Gasteiger partial charge is 0.497 e. The van der Waals surface area contributed by atoms with Crippen molar-refractivity contribution in [3.05, 3.63) is 93.0 Å². The molecule has 0 bridgehead atoms. The first-order chi connectivity index (χ1) is 17.2. The predicted molar refractivity (Wildman–Crippen MR) is 134 cm³/mol. The van der Waals surface area contributed by atoms with E-state index in [1.165, 1.54) is 6.07 Å². The van der Waals surface area contributed by atoms with Crippen LogP contribution < -0.4 is 16.0 Å². The van der Waals surface area contributed by atoms with Crippen molar-refractivity contribution < 1.29 is 17.9 Å². The van der Waals surface area contributed by atoms with E-state index in [1.807, 2.05) is 18.2 Å². The quantitative estimate of drug-likeness (QED) is 0.134. The van der Waals surface area contributed by atoms with Gasteiger partial charge in [-0.2, -0.15) is 18.4 Å². The Hall–Kier alpha value is -3.71. The molecule has 4 rings (SSSR count). The molecule has 6 nitrogen and oxygen atoms in total.